The predicted octanol–water partition coefficient (Wildman–Crippen LogP) is 1.72. The Morgan fingerprint density at radius 1 is 1.19 bits per heavy atom. The van der Waals surface area contributed by atoms with E-state index in [0.717, 1.165) is 56.2 Å². The third kappa shape index (κ3) is 3.15. The van der Waals surface area contributed by atoms with Crippen LogP contribution in [0.1, 0.15) is 18.4 Å². The maximum Gasteiger partial charge on any atom is 0.177 e. The summed E-state index contributed by atoms with van der Waals surface area (Å²) in [5, 5.41) is 12.5. The van der Waals surface area contributed by atoms with Gasteiger partial charge in [0.25, 0.3) is 0 Å². The largest absolute Gasteiger partial charge is 0.377 e. The summed E-state index contributed by atoms with van der Waals surface area (Å²) in [5.41, 5.74) is 1.87. The van der Waals surface area contributed by atoms with Gasteiger partial charge >= 0.3 is 0 Å². The summed E-state index contributed by atoms with van der Waals surface area (Å²) in [7, 11) is 0. The van der Waals surface area contributed by atoms with Crippen molar-refractivity contribution >= 4 is 11.5 Å². The summed E-state index contributed by atoms with van der Waals surface area (Å²) in [4.78, 5) is 6.29. The summed E-state index contributed by atoms with van der Waals surface area (Å²) in [5.74, 6) is 1.47. The fourth-order valence-electron chi connectivity index (χ4n) is 4.09. The van der Waals surface area contributed by atoms with E-state index >= 15 is 0 Å². The van der Waals surface area contributed by atoms with Gasteiger partial charge in [-0.1, -0.05) is 0 Å². The van der Waals surface area contributed by atoms with Crippen molar-refractivity contribution < 1.29 is 9.47 Å². The van der Waals surface area contributed by atoms with Crippen LogP contribution in [0.25, 0.3) is 5.65 Å². The summed E-state index contributed by atoms with van der Waals surface area (Å²) in [6, 6.07) is 7.92. The fourth-order valence-corrected chi connectivity index (χ4v) is 4.09. The molecule has 0 radical (unpaired) electrons. The van der Waals surface area contributed by atoms with Crippen LogP contribution in [0.2, 0.25) is 0 Å². The molecule has 2 aliphatic rings. The zero-order chi connectivity index (χ0) is 18.1. The Bertz CT molecular complexity index is 909. The maximum atomic E-state index is 6.16. The Hall–Kier alpha value is -2.58. The first-order valence-corrected chi connectivity index (χ1v) is 9.35. The highest BCUT2D eigenvalue weighted by Gasteiger charge is 2.53. The zero-order valence-corrected chi connectivity index (χ0v) is 15.1. The SMILES string of the molecule is c1cc(COCC[C@H]2CCOC23CN(c2ccc4nncn4n2)C3)ccn1. The Morgan fingerprint density at radius 2 is 2.07 bits per heavy atom. The van der Waals surface area contributed by atoms with Gasteiger partial charge in [-0.05, 0) is 48.6 Å². The van der Waals surface area contributed by atoms with Crippen LogP contribution in [0.4, 0.5) is 5.82 Å². The molecule has 2 aliphatic heterocycles. The molecule has 2 fully saturated rings. The minimum absolute atomic E-state index is 0.0517. The van der Waals surface area contributed by atoms with Gasteiger partial charge in [0.05, 0.1) is 19.7 Å². The molecule has 8 heteroatoms. The Balaban J connectivity index is 1.16. The topological polar surface area (TPSA) is 77.7 Å². The molecule has 0 aromatic carbocycles. The normalized spacial score (nSPS) is 21.0. The third-order valence-corrected chi connectivity index (χ3v) is 5.62. The average molecular weight is 366 g/mol. The second kappa shape index (κ2) is 6.86. The van der Waals surface area contributed by atoms with Crippen molar-refractivity contribution in [2.75, 3.05) is 31.2 Å². The highest BCUT2D eigenvalue weighted by Crippen LogP contribution is 2.42. The molecule has 1 spiro atoms. The van der Waals surface area contributed by atoms with Gasteiger partial charge in [-0.2, -0.15) is 4.52 Å². The summed E-state index contributed by atoms with van der Waals surface area (Å²) < 4.78 is 13.7. The number of aromatic nitrogens is 5. The van der Waals surface area contributed by atoms with Crippen LogP contribution < -0.4 is 4.90 Å². The van der Waals surface area contributed by atoms with E-state index < -0.39 is 0 Å². The second-order valence-electron chi connectivity index (χ2n) is 7.28. The molecule has 5 heterocycles. The lowest BCUT2D eigenvalue weighted by Gasteiger charge is -2.50. The fraction of sp³-hybridized carbons (Fsp3) is 0.474. The van der Waals surface area contributed by atoms with Crippen LogP contribution in [0, 0.1) is 5.92 Å². The molecule has 140 valence electrons. The highest BCUT2D eigenvalue weighted by atomic mass is 16.5. The monoisotopic (exact) mass is 366 g/mol. The standard InChI is InChI=1S/C19H22N6O2/c1-2-18(23-25-14-21-22-17(1)25)24-12-19(13-24)16(6-10-27-19)5-9-26-11-15-3-7-20-8-4-15/h1-4,7-8,14,16H,5-6,9-13H2/t16-/m0/s1. The minimum Gasteiger partial charge on any atom is -0.377 e. The van der Waals surface area contributed by atoms with Gasteiger partial charge in [0.2, 0.25) is 0 Å². The van der Waals surface area contributed by atoms with Crippen molar-refractivity contribution in [1.82, 2.24) is 24.8 Å². The van der Waals surface area contributed by atoms with Gasteiger partial charge in [-0.3, -0.25) is 4.98 Å². The summed E-state index contributed by atoms with van der Waals surface area (Å²) >= 11 is 0. The number of nitrogens with zero attached hydrogens (tertiary/aromatic N) is 6. The van der Waals surface area contributed by atoms with Crippen molar-refractivity contribution in [3.05, 3.63) is 48.5 Å². The minimum atomic E-state index is -0.0517. The van der Waals surface area contributed by atoms with Gasteiger partial charge < -0.3 is 14.4 Å². The number of pyridine rings is 1. The lowest BCUT2D eigenvalue weighted by molar-refractivity contribution is -0.0512. The molecule has 0 saturated carbocycles. The van der Waals surface area contributed by atoms with Crippen LogP contribution in [-0.4, -0.2) is 56.7 Å². The van der Waals surface area contributed by atoms with Crippen molar-refractivity contribution in [3.8, 4) is 0 Å². The van der Waals surface area contributed by atoms with E-state index in [9.17, 15) is 0 Å². The molecule has 0 aliphatic carbocycles. The molecular formula is C19H22N6O2. The Kier molecular flexibility index (Phi) is 4.21. The summed E-state index contributed by atoms with van der Waals surface area (Å²) in [6.45, 7) is 3.98. The van der Waals surface area contributed by atoms with Crippen molar-refractivity contribution in [2.45, 2.75) is 25.0 Å². The molecule has 3 aromatic heterocycles. The van der Waals surface area contributed by atoms with E-state index in [0.29, 0.717) is 12.5 Å². The van der Waals surface area contributed by atoms with Crippen molar-refractivity contribution in [3.63, 3.8) is 0 Å². The lowest BCUT2D eigenvalue weighted by atomic mass is 9.79. The van der Waals surface area contributed by atoms with Crippen LogP contribution >= 0.6 is 0 Å². The zero-order valence-electron chi connectivity index (χ0n) is 15.1. The van der Waals surface area contributed by atoms with E-state index in [1.54, 1.807) is 23.2 Å². The second-order valence-corrected chi connectivity index (χ2v) is 7.28. The number of ether oxygens (including phenoxy) is 2. The third-order valence-electron chi connectivity index (χ3n) is 5.62. The van der Waals surface area contributed by atoms with E-state index in [1.807, 2.05) is 24.3 Å². The van der Waals surface area contributed by atoms with Gasteiger partial charge in [-0.15, -0.1) is 15.3 Å². The molecule has 3 aromatic rings. The molecular weight excluding hydrogens is 344 g/mol. The molecule has 1 atom stereocenters. The van der Waals surface area contributed by atoms with Crippen LogP contribution in [0.3, 0.4) is 0 Å². The predicted molar refractivity (Wildman–Crippen MR) is 98.3 cm³/mol. The summed E-state index contributed by atoms with van der Waals surface area (Å²) in [6.07, 6.45) is 7.35. The van der Waals surface area contributed by atoms with Crippen molar-refractivity contribution in [2.24, 2.45) is 5.92 Å². The molecule has 0 unspecified atom stereocenters. The van der Waals surface area contributed by atoms with Gasteiger partial charge in [0.1, 0.15) is 17.7 Å². The van der Waals surface area contributed by atoms with Gasteiger partial charge in [0.15, 0.2) is 5.65 Å². The van der Waals surface area contributed by atoms with Gasteiger partial charge in [0, 0.05) is 25.6 Å². The van der Waals surface area contributed by atoms with Gasteiger partial charge in [-0.25, -0.2) is 0 Å². The maximum absolute atomic E-state index is 6.16. The molecule has 27 heavy (non-hydrogen) atoms. The Morgan fingerprint density at radius 3 is 2.96 bits per heavy atom. The molecule has 2 saturated heterocycles. The average Bonchev–Trinajstić information content (AvgIpc) is 3.31. The molecule has 0 N–H and O–H groups in total. The number of hydrogen-bond acceptors (Lipinski definition) is 7. The van der Waals surface area contributed by atoms with Crippen LogP contribution in [-0.2, 0) is 16.1 Å². The van der Waals surface area contributed by atoms with E-state index in [4.69, 9.17) is 9.47 Å². The first kappa shape index (κ1) is 16.6. The molecule has 8 nitrogen and oxygen atoms in total. The quantitative estimate of drug-likeness (QED) is 0.615. The van der Waals surface area contributed by atoms with Crippen LogP contribution in [0.15, 0.2) is 43.0 Å². The smallest absolute Gasteiger partial charge is 0.177 e. The van der Waals surface area contributed by atoms with E-state index in [1.165, 1.54) is 0 Å². The molecule has 0 bridgehead atoms. The number of rotatable bonds is 6. The molecule has 5 rings (SSSR count). The lowest BCUT2D eigenvalue weighted by Crippen LogP contribution is -2.65. The number of fused-ring (bicyclic) bond motifs is 1. The van der Waals surface area contributed by atoms with E-state index in [2.05, 4.69) is 25.2 Å². The Labute approximate surface area is 157 Å². The highest BCUT2D eigenvalue weighted by molar-refractivity contribution is 5.48. The first-order chi connectivity index (χ1) is 13.3. The van der Waals surface area contributed by atoms with Crippen LogP contribution in [0.5, 0.6) is 0 Å². The number of anilines is 1. The number of hydrogen-bond donors (Lipinski definition) is 0. The molecule has 0 amide bonds. The van der Waals surface area contributed by atoms with Crippen molar-refractivity contribution in [1.29, 1.82) is 0 Å². The first-order valence-electron chi connectivity index (χ1n) is 9.35. The van der Waals surface area contributed by atoms with E-state index in [-0.39, 0.29) is 5.60 Å².